The fourth-order valence-corrected chi connectivity index (χ4v) is 4.84. The third kappa shape index (κ3) is 2.51. The first-order valence-electron chi connectivity index (χ1n) is 7.98. The Kier molecular flexibility index (Phi) is 3.82. The zero-order valence-corrected chi connectivity index (χ0v) is 13.3. The van der Waals surface area contributed by atoms with Gasteiger partial charge in [-0.2, -0.15) is 0 Å². The number of hydrogen-bond acceptors (Lipinski definition) is 4. The van der Waals surface area contributed by atoms with Gasteiger partial charge in [-0.25, -0.2) is 5.01 Å². The van der Waals surface area contributed by atoms with E-state index in [2.05, 4.69) is 40.8 Å². The van der Waals surface area contributed by atoms with Crippen LogP contribution in [-0.4, -0.2) is 30.9 Å². The highest BCUT2D eigenvalue weighted by molar-refractivity contribution is 7.17. The van der Waals surface area contributed by atoms with Gasteiger partial charge in [-0.15, -0.1) is 11.3 Å². The summed E-state index contributed by atoms with van der Waals surface area (Å²) in [6.45, 7) is 3.28. The number of nitrogens with zero attached hydrogens (tertiary/aromatic N) is 1. The summed E-state index contributed by atoms with van der Waals surface area (Å²) in [5, 5.41) is 2.35. The highest BCUT2D eigenvalue weighted by Crippen LogP contribution is 2.42. The Morgan fingerprint density at radius 1 is 1.18 bits per heavy atom. The van der Waals surface area contributed by atoms with Crippen molar-refractivity contribution in [1.82, 2.24) is 10.4 Å². The minimum atomic E-state index is 0.507. The maximum atomic E-state index is 11.3. The van der Waals surface area contributed by atoms with Crippen LogP contribution in [0.1, 0.15) is 34.0 Å². The molecule has 3 saturated heterocycles. The normalized spacial score (nSPS) is 27.5. The third-order valence-electron chi connectivity index (χ3n) is 4.97. The summed E-state index contributed by atoms with van der Waals surface area (Å²) in [5.41, 5.74) is 6.17. The number of nitrogens with one attached hydrogen (secondary N) is 1. The molecule has 1 aromatic heterocycles. The van der Waals surface area contributed by atoms with E-state index in [4.69, 9.17) is 0 Å². The molecule has 4 heteroatoms. The molecular weight excluding hydrogens is 292 g/mol. The molecule has 4 heterocycles. The van der Waals surface area contributed by atoms with Crippen LogP contribution in [0.15, 0.2) is 36.4 Å². The van der Waals surface area contributed by atoms with Gasteiger partial charge in [0.15, 0.2) is 6.29 Å². The van der Waals surface area contributed by atoms with Crippen LogP contribution >= 0.6 is 11.3 Å². The van der Waals surface area contributed by atoms with Crippen LogP contribution in [0.25, 0.3) is 10.4 Å². The summed E-state index contributed by atoms with van der Waals surface area (Å²) in [4.78, 5) is 13.4. The summed E-state index contributed by atoms with van der Waals surface area (Å²) in [5.74, 6) is 1.23. The van der Waals surface area contributed by atoms with Crippen LogP contribution in [0.3, 0.4) is 0 Å². The molecule has 3 nitrogen and oxygen atoms in total. The summed E-state index contributed by atoms with van der Waals surface area (Å²) < 4.78 is 0. The van der Waals surface area contributed by atoms with Crippen molar-refractivity contribution in [1.29, 1.82) is 0 Å². The largest absolute Gasteiger partial charge is 0.297 e. The molecule has 3 fully saturated rings. The Bertz CT molecular complexity index is 659. The van der Waals surface area contributed by atoms with Crippen LogP contribution in [0.2, 0.25) is 0 Å². The molecule has 0 saturated carbocycles. The molecule has 3 aliphatic rings. The van der Waals surface area contributed by atoms with E-state index in [1.165, 1.54) is 28.8 Å². The minimum absolute atomic E-state index is 0.507. The zero-order chi connectivity index (χ0) is 14.9. The molecule has 1 N–H and O–H groups in total. The predicted octanol–water partition coefficient (Wildman–Crippen LogP) is 3.54. The zero-order valence-electron chi connectivity index (χ0n) is 12.5. The standard InChI is InChI=1S/C18H20N2OS/c21-12-15-10-16(18(22-15)14-4-2-1-3-5-14)17-11-19-20-8-6-13(17)7-9-20/h1-5,10,12-13,17,19H,6-9,11H2. The highest BCUT2D eigenvalue weighted by atomic mass is 32.1. The Balaban J connectivity index is 1.77. The van der Waals surface area contributed by atoms with Crippen molar-refractivity contribution >= 4 is 17.6 Å². The first kappa shape index (κ1) is 14.1. The molecule has 22 heavy (non-hydrogen) atoms. The second kappa shape index (κ2) is 5.95. The summed E-state index contributed by atoms with van der Waals surface area (Å²) in [6.07, 6.45) is 3.49. The predicted molar refractivity (Wildman–Crippen MR) is 90.2 cm³/mol. The van der Waals surface area contributed by atoms with Crippen LogP contribution in [0, 0.1) is 5.92 Å². The van der Waals surface area contributed by atoms with Gasteiger partial charge in [0.05, 0.1) is 4.88 Å². The van der Waals surface area contributed by atoms with Gasteiger partial charge in [0, 0.05) is 30.4 Å². The molecule has 5 rings (SSSR count). The number of benzene rings is 1. The van der Waals surface area contributed by atoms with Gasteiger partial charge in [0.1, 0.15) is 0 Å². The smallest absolute Gasteiger partial charge is 0.160 e. The fourth-order valence-electron chi connectivity index (χ4n) is 3.79. The topological polar surface area (TPSA) is 32.3 Å². The van der Waals surface area contributed by atoms with Crippen molar-refractivity contribution in [3.63, 3.8) is 0 Å². The van der Waals surface area contributed by atoms with E-state index in [9.17, 15) is 4.79 Å². The number of carbonyl (C=O) groups excluding carboxylic acids is 1. The molecule has 0 amide bonds. The maximum Gasteiger partial charge on any atom is 0.160 e. The molecule has 1 unspecified atom stereocenters. The number of rotatable bonds is 3. The number of hydrogen-bond donors (Lipinski definition) is 1. The van der Waals surface area contributed by atoms with Crippen LogP contribution in [0.4, 0.5) is 0 Å². The maximum absolute atomic E-state index is 11.3. The molecule has 1 aromatic carbocycles. The van der Waals surface area contributed by atoms with Crippen molar-refractivity contribution in [3.05, 3.63) is 46.8 Å². The molecule has 2 aromatic rings. The Hall–Kier alpha value is -1.49. The van der Waals surface area contributed by atoms with Crippen LogP contribution < -0.4 is 5.43 Å². The highest BCUT2D eigenvalue weighted by Gasteiger charge is 2.33. The van der Waals surface area contributed by atoms with E-state index in [1.807, 2.05) is 6.07 Å². The molecule has 2 bridgehead atoms. The molecule has 3 aliphatic heterocycles. The molecule has 0 aliphatic carbocycles. The van der Waals surface area contributed by atoms with Gasteiger partial charge in [-0.3, -0.25) is 10.2 Å². The second-order valence-corrected chi connectivity index (χ2v) is 7.29. The van der Waals surface area contributed by atoms with Crippen molar-refractivity contribution in [2.45, 2.75) is 18.8 Å². The third-order valence-corrected chi connectivity index (χ3v) is 6.10. The SMILES string of the molecule is O=Cc1cc(C2CNN3CCC2CC3)c(-c2ccccc2)s1. The van der Waals surface area contributed by atoms with Gasteiger partial charge >= 0.3 is 0 Å². The first-order chi connectivity index (χ1) is 10.8. The first-order valence-corrected chi connectivity index (χ1v) is 8.79. The van der Waals surface area contributed by atoms with Gasteiger partial charge in [0.25, 0.3) is 0 Å². The summed E-state index contributed by atoms with van der Waals surface area (Å²) in [7, 11) is 0. The average Bonchev–Trinajstić information content (AvgIpc) is 2.79. The van der Waals surface area contributed by atoms with E-state index >= 15 is 0 Å². The number of fused-ring (bicyclic) bond motifs is 4. The molecule has 114 valence electrons. The molecule has 0 spiro atoms. The van der Waals surface area contributed by atoms with Gasteiger partial charge < -0.3 is 0 Å². The number of hydrazine groups is 1. The van der Waals surface area contributed by atoms with Crippen LogP contribution in [0.5, 0.6) is 0 Å². The monoisotopic (exact) mass is 312 g/mol. The minimum Gasteiger partial charge on any atom is -0.297 e. The summed E-state index contributed by atoms with van der Waals surface area (Å²) >= 11 is 1.63. The Morgan fingerprint density at radius 2 is 1.95 bits per heavy atom. The van der Waals surface area contributed by atoms with E-state index in [0.717, 1.165) is 36.7 Å². The van der Waals surface area contributed by atoms with Crippen molar-refractivity contribution in [2.24, 2.45) is 5.92 Å². The van der Waals surface area contributed by atoms with Gasteiger partial charge in [0.2, 0.25) is 0 Å². The second-order valence-electron chi connectivity index (χ2n) is 6.21. The van der Waals surface area contributed by atoms with Gasteiger partial charge in [-0.05, 0) is 36.0 Å². The Labute approximate surface area is 134 Å². The lowest BCUT2D eigenvalue weighted by atomic mass is 9.80. The number of aldehydes is 1. The van der Waals surface area contributed by atoms with Crippen molar-refractivity contribution < 1.29 is 4.79 Å². The molecule has 1 atom stereocenters. The van der Waals surface area contributed by atoms with Crippen molar-refractivity contribution in [2.75, 3.05) is 19.6 Å². The van der Waals surface area contributed by atoms with E-state index in [1.54, 1.807) is 11.3 Å². The van der Waals surface area contributed by atoms with E-state index < -0.39 is 0 Å². The lowest BCUT2D eigenvalue weighted by molar-refractivity contribution is 0.112. The quantitative estimate of drug-likeness (QED) is 0.880. The lowest BCUT2D eigenvalue weighted by Crippen LogP contribution is -2.39. The average molecular weight is 312 g/mol. The van der Waals surface area contributed by atoms with Gasteiger partial charge in [-0.1, -0.05) is 30.3 Å². The molecule has 0 radical (unpaired) electrons. The number of piperidine rings is 1. The van der Waals surface area contributed by atoms with Crippen LogP contribution in [-0.2, 0) is 0 Å². The molecular formula is C18H20N2OS. The summed E-state index contributed by atoms with van der Waals surface area (Å²) in [6, 6.07) is 12.6. The van der Waals surface area contributed by atoms with Crippen molar-refractivity contribution in [3.8, 4) is 10.4 Å². The number of carbonyl (C=O) groups is 1. The Morgan fingerprint density at radius 3 is 2.68 bits per heavy atom. The lowest BCUT2D eigenvalue weighted by Gasteiger charge is -2.28. The van der Waals surface area contributed by atoms with E-state index in [-0.39, 0.29) is 0 Å². The number of thiophene rings is 1. The van der Waals surface area contributed by atoms with E-state index in [0.29, 0.717) is 5.92 Å². The fraction of sp³-hybridized carbons (Fsp3) is 0.389.